The highest BCUT2D eigenvalue weighted by Gasteiger charge is 2.16. The lowest BCUT2D eigenvalue weighted by Gasteiger charge is -2.08. The molecule has 3 heterocycles. The van der Waals surface area contributed by atoms with Gasteiger partial charge in [0.25, 0.3) is 0 Å². The number of ether oxygens (including phenoxy) is 2. The van der Waals surface area contributed by atoms with E-state index in [4.69, 9.17) is 37.7 Å². The fraction of sp³-hybridized carbons (Fsp3) is 0.143. The first-order chi connectivity index (χ1) is 15.1. The second-order valence-corrected chi connectivity index (χ2v) is 7.64. The van der Waals surface area contributed by atoms with Gasteiger partial charge in [-0.25, -0.2) is 19.2 Å². The van der Waals surface area contributed by atoms with Crippen LogP contribution in [0.2, 0.25) is 10.0 Å². The molecule has 0 bridgehead atoms. The maximum atomic E-state index is 6.35. The molecule has 31 heavy (non-hydrogen) atoms. The van der Waals surface area contributed by atoms with Crippen LogP contribution in [-0.4, -0.2) is 43.6 Å². The molecule has 0 unspecified atom stereocenters. The van der Waals surface area contributed by atoms with Gasteiger partial charge >= 0.3 is 0 Å². The van der Waals surface area contributed by atoms with E-state index in [1.54, 1.807) is 54.1 Å². The quantitative estimate of drug-likeness (QED) is 0.392. The Morgan fingerprint density at radius 1 is 0.968 bits per heavy atom. The van der Waals surface area contributed by atoms with E-state index in [0.717, 1.165) is 10.9 Å². The van der Waals surface area contributed by atoms with E-state index in [0.29, 0.717) is 50.8 Å². The van der Waals surface area contributed by atoms with Gasteiger partial charge in [0.2, 0.25) is 0 Å². The summed E-state index contributed by atoms with van der Waals surface area (Å²) in [6.07, 6.45) is 3.83. The van der Waals surface area contributed by atoms with E-state index in [2.05, 4.69) is 15.2 Å². The van der Waals surface area contributed by atoms with Crippen LogP contribution in [0.1, 0.15) is 11.4 Å². The van der Waals surface area contributed by atoms with Crippen molar-refractivity contribution in [3.8, 4) is 17.2 Å². The van der Waals surface area contributed by atoms with Crippen LogP contribution < -0.4 is 9.47 Å². The van der Waals surface area contributed by atoms with Gasteiger partial charge in [0, 0.05) is 11.4 Å². The molecule has 156 valence electrons. The minimum absolute atomic E-state index is 0.520. The maximum Gasteiger partial charge on any atom is 0.170 e. The molecule has 0 aliphatic carbocycles. The van der Waals surface area contributed by atoms with Crippen molar-refractivity contribution in [3.63, 3.8) is 0 Å². The molecule has 10 heteroatoms. The first-order valence-corrected chi connectivity index (χ1v) is 10.1. The summed E-state index contributed by atoms with van der Waals surface area (Å²) in [5.41, 5.74) is 2.91. The summed E-state index contributed by atoms with van der Waals surface area (Å²) >= 11 is 12.5. The standard InChI is InChI=1S/C21H16Cl2N6O2/c1-30-17-6-3-12(7-18(17)31-2)8-19-26-21-14-10-25-29(20(14)24-11-28(21)27-19)16-9-13(22)4-5-15(16)23/h3-7,9-11H,8H2,1-2H3. The Kier molecular flexibility index (Phi) is 4.88. The van der Waals surface area contributed by atoms with Crippen LogP contribution in [0.15, 0.2) is 48.9 Å². The molecule has 2 aromatic carbocycles. The maximum absolute atomic E-state index is 6.35. The van der Waals surface area contributed by atoms with Crippen LogP contribution in [0, 0.1) is 0 Å². The molecule has 0 atom stereocenters. The lowest BCUT2D eigenvalue weighted by molar-refractivity contribution is 0.354. The van der Waals surface area contributed by atoms with Gasteiger partial charge in [-0.1, -0.05) is 29.3 Å². The van der Waals surface area contributed by atoms with Crippen molar-refractivity contribution in [2.24, 2.45) is 0 Å². The van der Waals surface area contributed by atoms with Gasteiger partial charge in [-0.05, 0) is 35.9 Å². The number of rotatable bonds is 5. The van der Waals surface area contributed by atoms with E-state index >= 15 is 0 Å². The van der Waals surface area contributed by atoms with Gasteiger partial charge in [-0.2, -0.15) is 5.10 Å². The molecule has 8 nitrogen and oxygen atoms in total. The molecule has 0 amide bonds. The minimum Gasteiger partial charge on any atom is -0.493 e. The number of hydrogen-bond donors (Lipinski definition) is 0. The largest absolute Gasteiger partial charge is 0.493 e. The molecule has 0 aliphatic heterocycles. The van der Waals surface area contributed by atoms with E-state index in [1.807, 2.05) is 18.2 Å². The number of hydrogen-bond acceptors (Lipinski definition) is 6. The van der Waals surface area contributed by atoms with Crippen LogP contribution in [0.3, 0.4) is 0 Å². The van der Waals surface area contributed by atoms with Gasteiger partial charge in [-0.3, -0.25) is 0 Å². The van der Waals surface area contributed by atoms with Crippen LogP contribution >= 0.6 is 23.2 Å². The van der Waals surface area contributed by atoms with Crippen LogP contribution in [0.5, 0.6) is 11.5 Å². The topological polar surface area (TPSA) is 79.4 Å². The number of methoxy groups -OCH3 is 2. The first kappa shape index (κ1) is 19.6. The van der Waals surface area contributed by atoms with Crippen molar-refractivity contribution >= 4 is 39.9 Å². The Balaban J connectivity index is 1.56. The molecule has 0 saturated heterocycles. The molecule has 0 spiro atoms. The summed E-state index contributed by atoms with van der Waals surface area (Å²) in [5, 5.41) is 10.8. The predicted octanol–water partition coefficient (Wildman–Crippen LogP) is 4.38. The van der Waals surface area contributed by atoms with Crippen LogP contribution in [-0.2, 0) is 6.42 Å². The van der Waals surface area contributed by atoms with Crippen molar-refractivity contribution in [3.05, 3.63) is 70.4 Å². The summed E-state index contributed by atoms with van der Waals surface area (Å²) in [6.45, 7) is 0. The van der Waals surface area contributed by atoms with Crippen molar-refractivity contribution in [1.29, 1.82) is 0 Å². The van der Waals surface area contributed by atoms with Crippen LogP contribution in [0.4, 0.5) is 0 Å². The fourth-order valence-electron chi connectivity index (χ4n) is 3.44. The molecule has 3 aromatic heterocycles. The lowest BCUT2D eigenvalue weighted by atomic mass is 10.1. The zero-order chi connectivity index (χ0) is 21.5. The second kappa shape index (κ2) is 7.72. The van der Waals surface area contributed by atoms with E-state index in [9.17, 15) is 0 Å². The molecule has 0 saturated carbocycles. The molecule has 0 aliphatic rings. The SMILES string of the molecule is COc1ccc(Cc2nc3c4cnn(-c5cc(Cl)ccc5Cl)c4ncn3n2)cc1OC. The van der Waals surface area contributed by atoms with Crippen molar-refractivity contribution in [2.45, 2.75) is 6.42 Å². The van der Waals surface area contributed by atoms with Gasteiger partial charge in [0.15, 0.2) is 28.6 Å². The number of halogens is 2. The van der Waals surface area contributed by atoms with E-state index in [1.165, 1.54) is 0 Å². The van der Waals surface area contributed by atoms with Crippen LogP contribution in [0.25, 0.3) is 22.4 Å². The third kappa shape index (κ3) is 3.43. The van der Waals surface area contributed by atoms with E-state index < -0.39 is 0 Å². The molecule has 5 aromatic rings. The highest BCUT2D eigenvalue weighted by molar-refractivity contribution is 6.34. The fourth-order valence-corrected chi connectivity index (χ4v) is 3.80. The molecular weight excluding hydrogens is 439 g/mol. The highest BCUT2D eigenvalue weighted by atomic mass is 35.5. The smallest absolute Gasteiger partial charge is 0.170 e. The number of fused-ring (bicyclic) bond motifs is 3. The Labute approximate surface area is 187 Å². The second-order valence-electron chi connectivity index (χ2n) is 6.80. The van der Waals surface area contributed by atoms with Gasteiger partial charge in [-0.15, -0.1) is 5.10 Å². The Hall–Kier alpha value is -3.36. The summed E-state index contributed by atoms with van der Waals surface area (Å²) in [7, 11) is 3.22. The van der Waals surface area contributed by atoms with Gasteiger partial charge in [0.1, 0.15) is 6.33 Å². The minimum atomic E-state index is 0.520. The third-order valence-electron chi connectivity index (χ3n) is 4.90. The van der Waals surface area contributed by atoms with E-state index in [-0.39, 0.29) is 0 Å². The molecule has 0 fully saturated rings. The van der Waals surface area contributed by atoms with Gasteiger partial charge in [0.05, 0.1) is 36.5 Å². The van der Waals surface area contributed by atoms with Crippen molar-refractivity contribution in [2.75, 3.05) is 14.2 Å². The Morgan fingerprint density at radius 3 is 2.61 bits per heavy atom. The Bertz CT molecular complexity index is 1430. The van der Waals surface area contributed by atoms with Gasteiger partial charge < -0.3 is 9.47 Å². The highest BCUT2D eigenvalue weighted by Crippen LogP contribution is 2.29. The Morgan fingerprint density at radius 2 is 1.81 bits per heavy atom. The molecule has 5 rings (SSSR count). The number of nitrogens with zero attached hydrogens (tertiary/aromatic N) is 6. The number of benzene rings is 2. The average molecular weight is 455 g/mol. The summed E-state index contributed by atoms with van der Waals surface area (Å²) in [4.78, 5) is 9.22. The predicted molar refractivity (Wildman–Crippen MR) is 118 cm³/mol. The monoisotopic (exact) mass is 454 g/mol. The summed E-state index contributed by atoms with van der Waals surface area (Å²) < 4.78 is 14.0. The summed E-state index contributed by atoms with van der Waals surface area (Å²) in [6, 6.07) is 10.9. The molecule has 0 N–H and O–H groups in total. The average Bonchev–Trinajstić information content (AvgIpc) is 3.38. The van der Waals surface area contributed by atoms with Crippen molar-refractivity contribution in [1.82, 2.24) is 29.4 Å². The lowest BCUT2D eigenvalue weighted by Crippen LogP contribution is -2.00. The molecule has 0 radical (unpaired) electrons. The zero-order valence-corrected chi connectivity index (χ0v) is 18.1. The zero-order valence-electron chi connectivity index (χ0n) is 16.6. The third-order valence-corrected chi connectivity index (χ3v) is 5.45. The molecular formula is C21H16Cl2N6O2. The summed E-state index contributed by atoms with van der Waals surface area (Å²) in [5.74, 6) is 1.98. The first-order valence-electron chi connectivity index (χ1n) is 9.31. The normalized spacial score (nSPS) is 11.4. The number of aromatic nitrogens is 6. The van der Waals surface area contributed by atoms with Crippen molar-refractivity contribution < 1.29 is 9.47 Å².